The highest BCUT2D eigenvalue weighted by Crippen LogP contribution is 2.38. The molecule has 98 valence electrons. The molecule has 0 aromatic carbocycles. The van der Waals surface area contributed by atoms with Crippen molar-refractivity contribution in [1.82, 2.24) is 9.88 Å². The number of amides is 1. The summed E-state index contributed by atoms with van der Waals surface area (Å²) in [6.45, 7) is 1.07. The molecular weight excluding hydrogens is 226 g/mol. The van der Waals surface area contributed by atoms with E-state index < -0.39 is 0 Å². The minimum Gasteiger partial charge on any atom is -0.341 e. The number of aromatic nitrogens is 1. The molecule has 18 heavy (non-hydrogen) atoms. The first-order valence-electron chi connectivity index (χ1n) is 6.52. The Kier molecular flexibility index (Phi) is 3.97. The SMILES string of the molecule is CN(Cc1cccnc1)C(=O)C1(CN)CCCC1. The van der Waals surface area contributed by atoms with Crippen molar-refractivity contribution in [1.29, 1.82) is 0 Å². The van der Waals surface area contributed by atoms with Gasteiger partial charge in [0, 0.05) is 32.5 Å². The van der Waals surface area contributed by atoms with Crippen LogP contribution in [0.5, 0.6) is 0 Å². The van der Waals surface area contributed by atoms with Gasteiger partial charge in [0.15, 0.2) is 0 Å². The summed E-state index contributed by atoms with van der Waals surface area (Å²) >= 11 is 0. The minimum absolute atomic E-state index is 0.186. The number of carbonyl (C=O) groups is 1. The van der Waals surface area contributed by atoms with E-state index in [2.05, 4.69) is 4.98 Å². The van der Waals surface area contributed by atoms with Crippen LogP contribution in [0.15, 0.2) is 24.5 Å². The fourth-order valence-electron chi connectivity index (χ4n) is 2.80. The van der Waals surface area contributed by atoms with Crippen molar-refractivity contribution in [2.75, 3.05) is 13.6 Å². The van der Waals surface area contributed by atoms with E-state index in [1.54, 1.807) is 17.3 Å². The van der Waals surface area contributed by atoms with E-state index in [0.29, 0.717) is 13.1 Å². The molecule has 1 amide bonds. The van der Waals surface area contributed by atoms with Crippen LogP contribution >= 0.6 is 0 Å². The van der Waals surface area contributed by atoms with E-state index in [-0.39, 0.29) is 11.3 Å². The van der Waals surface area contributed by atoms with E-state index in [9.17, 15) is 4.79 Å². The molecule has 1 aromatic heterocycles. The molecule has 4 heteroatoms. The summed E-state index contributed by atoms with van der Waals surface area (Å²) in [6, 6.07) is 3.88. The molecule has 0 radical (unpaired) electrons. The Morgan fingerprint density at radius 1 is 1.50 bits per heavy atom. The van der Waals surface area contributed by atoms with Gasteiger partial charge in [0.25, 0.3) is 0 Å². The zero-order valence-corrected chi connectivity index (χ0v) is 10.9. The maximum Gasteiger partial charge on any atom is 0.230 e. The summed E-state index contributed by atoms with van der Waals surface area (Å²) < 4.78 is 0. The predicted octanol–water partition coefficient (Wildman–Crippen LogP) is 1.56. The second kappa shape index (κ2) is 5.48. The smallest absolute Gasteiger partial charge is 0.230 e. The van der Waals surface area contributed by atoms with Crippen LogP contribution in [0, 0.1) is 5.41 Å². The van der Waals surface area contributed by atoms with Crippen molar-refractivity contribution in [3.05, 3.63) is 30.1 Å². The van der Waals surface area contributed by atoms with Crippen molar-refractivity contribution in [3.63, 3.8) is 0 Å². The van der Waals surface area contributed by atoms with Crippen molar-refractivity contribution in [2.24, 2.45) is 11.1 Å². The van der Waals surface area contributed by atoms with Gasteiger partial charge >= 0.3 is 0 Å². The highest BCUT2D eigenvalue weighted by atomic mass is 16.2. The van der Waals surface area contributed by atoms with Gasteiger partial charge in [-0.3, -0.25) is 9.78 Å². The Balaban J connectivity index is 2.04. The van der Waals surface area contributed by atoms with Crippen molar-refractivity contribution in [3.8, 4) is 0 Å². The molecule has 0 spiro atoms. The van der Waals surface area contributed by atoms with E-state index in [4.69, 9.17) is 5.73 Å². The quantitative estimate of drug-likeness (QED) is 0.878. The molecule has 0 bridgehead atoms. The zero-order valence-electron chi connectivity index (χ0n) is 10.9. The normalized spacial score (nSPS) is 17.7. The van der Waals surface area contributed by atoms with Crippen LogP contribution in [0.4, 0.5) is 0 Å². The highest BCUT2D eigenvalue weighted by Gasteiger charge is 2.41. The van der Waals surface area contributed by atoms with E-state index in [1.807, 2.05) is 19.2 Å². The van der Waals surface area contributed by atoms with Crippen molar-refractivity contribution < 1.29 is 4.79 Å². The summed E-state index contributed by atoms with van der Waals surface area (Å²) in [5.74, 6) is 0.186. The van der Waals surface area contributed by atoms with Gasteiger partial charge in [-0.05, 0) is 24.5 Å². The fraction of sp³-hybridized carbons (Fsp3) is 0.571. The second-order valence-electron chi connectivity index (χ2n) is 5.21. The molecule has 0 saturated heterocycles. The lowest BCUT2D eigenvalue weighted by atomic mass is 9.84. The predicted molar refractivity (Wildman–Crippen MR) is 70.7 cm³/mol. The summed E-state index contributed by atoms with van der Waals surface area (Å²) in [4.78, 5) is 18.4. The van der Waals surface area contributed by atoms with Gasteiger partial charge in [0.1, 0.15) is 0 Å². The number of pyridine rings is 1. The molecular formula is C14H21N3O. The third-order valence-corrected chi connectivity index (χ3v) is 3.89. The molecule has 1 fully saturated rings. The topological polar surface area (TPSA) is 59.2 Å². The third kappa shape index (κ3) is 2.53. The summed E-state index contributed by atoms with van der Waals surface area (Å²) in [5, 5.41) is 0. The van der Waals surface area contributed by atoms with E-state index >= 15 is 0 Å². The first kappa shape index (κ1) is 13.0. The number of hydrogen-bond acceptors (Lipinski definition) is 3. The third-order valence-electron chi connectivity index (χ3n) is 3.89. The lowest BCUT2D eigenvalue weighted by molar-refractivity contribution is -0.140. The lowest BCUT2D eigenvalue weighted by Gasteiger charge is -2.31. The monoisotopic (exact) mass is 247 g/mol. The first-order valence-corrected chi connectivity index (χ1v) is 6.52. The number of rotatable bonds is 4. The molecule has 1 saturated carbocycles. The molecule has 1 aliphatic carbocycles. The molecule has 2 rings (SSSR count). The van der Waals surface area contributed by atoms with Gasteiger partial charge in [-0.2, -0.15) is 0 Å². The summed E-state index contributed by atoms with van der Waals surface area (Å²) in [5.41, 5.74) is 6.59. The molecule has 1 aromatic rings. The zero-order chi connectivity index (χ0) is 13.0. The summed E-state index contributed by atoms with van der Waals surface area (Å²) in [6.07, 6.45) is 7.63. The van der Waals surface area contributed by atoms with Gasteiger partial charge in [-0.1, -0.05) is 18.9 Å². The number of hydrogen-bond donors (Lipinski definition) is 1. The van der Waals surface area contributed by atoms with Crippen LogP contribution in [0.25, 0.3) is 0 Å². The minimum atomic E-state index is -0.309. The Bertz CT molecular complexity index is 399. The van der Waals surface area contributed by atoms with Gasteiger partial charge < -0.3 is 10.6 Å². The van der Waals surface area contributed by atoms with Gasteiger partial charge in [0.2, 0.25) is 5.91 Å². The first-order chi connectivity index (χ1) is 8.68. The molecule has 4 nitrogen and oxygen atoms in total. The van der Waals surface area contributed by atoms with Crippen LogP contribution < -0.4 is 5.73 Å². The van der Waals surface area contributed by atoms with Crippen LogP contribution in [0.2, 0.25) is 0 Å². The van der Waals surface area contributed by atoms with Gasteiger partial charge in [0.05, 0.1) is 5.41 Å². The standard InChI is InChI=1S/C14H21N3O/c1-17(10-12-5-4-8-16-9-12)13(18)14(11-15)6-2-3-7-14/h4-5,8-9H,2-3,6-7,10-11,15H2,1H3. The molecule has 0 aliphatic heterocycles. The van der Waals surface area contributed by atoms with Crippen LogP contribution in [-0.4, -0.2) is 29.4 Å². The number of carbonyl (C=O) groups excluding carboxylic acids is 1. The molecule has 0 unspecified atom stereocenters. The van der Waals surface area contributed by atoms with Crippen LogP contribution in [0.1, 0.15) is 31.2 Å². The Morgan fingerprint density at radius 2 is 2.22 bits per heavy atom. The fourth-order valence-corrected chi connectivity index (χ4v) is 2.80. The molecule has 1 aliphatic rings. The van der Waals surface area contributed by atoms with E-state index in [1.165, 1.54) is 0 Å². The number of nitrogens with two attached hydrogens (primary N) is 1. The average Bonchev–Trinajstić information content (AvgIpc) is 2.89. The molecule has 0 atom stereocenters. The van der Waals surface area contributed by atoms with Crippen molar-refractivity contribution >= 4 is 5.91 Å². The van der Waals surface area contributed by atoms with E-state index in [0.717, 1.165) is 31.2 Å². The van der Waals surface area contributed by atoms with Gasteiger partial charge in [-0.15, -0.1) is 0 Å². The Hall–Kier alpha value is -1.42. The largest absolute Gasteiger partial charge is 0.341 e. The highest BCUT2D eigenvalue weighted by molar-refractivity contribution is 5.83. The molecule has 1 heterocycles. The maximum atomic E-state index is 12.5. The average molecular weight is 247 g/mol. The maximum absolute atomic E-state index is 12.5. The van der Waals surface area contributed by atoms with Crippen LogP contribution in [0.3, 0.4) is 0 Å². The Morgan fingerprint density at radius 3 is 2.78 bits per heavy atom. The van der Waals surface area contributed by atoms with Crippen molar-refractivity contribution in [2.45, 2.75) is 32.2 Å². The number of nitrogens with zero attached hydrogens (tertiary/aromatic N) is 2. The summed E-state index contributed by atoms with van der Waals surface area (Å²) in [7, 11) is 1.85. The molecule has 2 N–H and O–H groups in total. The van der Waals surface area contributed by atoms with Crippen LogP contribution in [-0.2, 0) is 11.3 Å². The Labute approximate surface area is 108 Å². The van der Waals surface area contributed by atoms with Gasteiger partial charge in [-0.25, -0.2) is 0 Å². The second-order valence-corrected chi connectivity index (χ2v) is 5.21. The lowest BCUT2D eigenvalue weighted by Crippen LogP contribution is -2.44.